The number of anilines is 4. The van der Waals surface area contributed by atoms with Crippen LogP contribution in [-0.2, 0) is 24.7 Å². The van der Waals surface area contributed by atoms with E-state index in [1.807, 2.05) is 0 Å². The maximum Gasteiger partial charge on any atom is 0.416 e. The van der Waals surface area contributed by atoms with Gasteiger partial charge < -0.3 is 21.3 Å². The van der Waals surface area contributed by atoms with Crippen molar-refractivity contribution in [1.82, 2.24) is 0 Å². The van der Waals surface area contributed by atoms with Gasteiger partial charge in [-0.3, -0.25) is 0 Å². The molecule has 0 aliphatic heterocycles. The van der Waals surface area contributed by atoms with Crippen molar-refractivity contribution in [2.75, 3.05) is 21.3 Å². The second kappa shape index (κ2) is 11.8. The smallest absolute Gasteiger partial charge is 0.332 e. The van der Waals surface area contributed by atoms with Gasteiger partial charge in [0.25, 0.3) is 0 Å². The van der Waals surface area contributed by atoms with Crippen molar-refractivity contribution in [2.24, 2.45) is 0 Å². The van der Waals surface area contributed by atoms with Crippen LogP contribution in [-0.4, -0.2) is 10.2 Å². The van der Waals surface area contributed by atoms with Gasteiger partial charge in [-0.2, -0.15) is 52.7 Å². The molecule has 0 radical (unpaired) electrons. The van der Waals surface area contributed by atoms with Gasteiger partial charge in [0.05, 0.1) is 22.3 Å². The summed E-state index contributed by atoms with van der Waals surface area (Å²) in [6.45, 7) is 0. The van der Waals surface area contributed by atoms with Gasteiger partial charge in [-0.1, -0.05) is 0 Å². The minimum atomic E-state index is -5.06. The van der Waals surface area contributed by atoms with E-state index >= 15 is 0 Å². The summed E-state index contributed by atoms with van der Waals surface area (Å²) in [4.78, 5) is 0. The lowest BCUT2D eigenvalue weighted by Crippen LogP contribution is -2.21. The summed E-state index contributed by atoms with van der Waals surface area (Å²) < 4.78 is 157. The first-order chi connectivity index (χ1) is 19.1. The summed E-state index contributed by atoms with van der Waals surface area (Å²) in [6.07, 6.45) is -20.3. The van der Waals surface area contributed by atoms with Crippen LogP contribution in [0, 0.1) is 0 Å². The lowest BCUT2D eigenvalue weighted by Gasteiger charge is -2.17. The van der Waals surface area contributed by atoms with Crippen molar-refractivity contribution in [3.05, 3.63) is 82.9 Å². The molecule has 3 aromatic rings. The highest BCUT2D eigenvalue weighted by atomic mass is 32.1. The molecule has 3 rings (SSSR count). The van der Waals surface area contributed by atoms with Crippen molar-refractivity contribution in [2.45, 2.75) is 24.7 Å². The third-order valence-electron chi connectivity index (χ3n) is 5.09. The van der Waals surface area contributed by atoms with Crippen molar-refractivity contribution < 1.29 is 52.7 Å². The van der Waals surface area contributed by atoms with Crippen LogP contribution in [0.25, 0.3) is 0 Å². The predicted molar refractivity (Wildman–Crippen MR) is 139 cm³/mol. The lowest BCUT2D eigenvalue weighted by atomic mass is 10.1. The molecule has 0 fully saturated rings. The minimum absolute atomic E-state index is 0.0467. The molecule has 0 aliphatic rings. The zero-order valence-electron chi connectivity index (χ0n) is 20.1. The fraction of sp³-hybridized carbons (Fsp3) is 0.167. The zero-order valence-corrected chi connectivity index (χ0v) is 21.8. The maximum absolute atomic E-state index is 13.0. The first kappa shape index (κ1) is 32.7. The molecule has 0 heterocycles. The number of hydrogen-bond donors (Lipinski definition) is 4. The highest BCUT2D eigenvalue weighted by Crippen LogP contribution is 2.39. The third kappa shape index (κ3) is 9.10. The molecular weight excluding hydrogens is 636 g/mol. The molecular formula is C24H14F12N4S2. The summed E-state index contributed by atoms with van der Waals surface area (Å²) in [5.41, 5.74) is -6.99. The van der Waals surface area contributed by atoms with Gasteiger partial charge in [0.15, 0.2) is 10.2 Å². The molecule has 0 aliphatic carbocycles. The molecule has 0 spiro atoms. The molecule has 3 aromatic carbocycles. The van der Waals surface area contributed by atoms with E-state index in [1.165, 1.54) is 24.3 Å². The third-order valence-corrected chi connectivity index (χ3v) is 5.50. The normalized spacial score (nSPS) is 12.5. The fourth-order valence-corrected chi connectivity index (χ4v) is 3.75. The van der Waals surface area contributed by atoms with Crippen LogP contribution in [0.1, 0.15) is 22.3 Å². The average molecular weight is 651 g/mol. The molecule has 0 saturated carbocycles. The Morgan fingerprint density at radius 1 is 0.381 bits per heavy atom. The number of rotatable bonds is 4. The molecule has 0 saturated heterocycles. The highest BCUT2D eigenvalue weighted by Gasteiger charge is 2.38. The second-order valence-corrected chi connectivity index (χ2v) is 9.14. The predicted octanol–water partition coefficient (Wildman–Crippen LogP) is 9.38. The van der Waals surface area contributed by atoms with Crippen molar-refractivity contribution in [3.63, 3.8) is 0 Å². The topological polar surface area (TPSA) is 48.1 Å². The van der Waals surface area contributed by atoms with Crippen LogP contribution in [0.2, 0.25) is 0 Å². The summed E-state index contributed by atoms with van der Waals surface area (Å²) in [5.74, 6) is 0. The monoisotopic (exact) mass is 650 g/mol. The fourth-order valence-electron chi connectivity index (χ4n) is 3.28. The van der Waals surface area contributed by atoms with E-state index in [2.05, 4.69) is 21.3 Å². The SMILES string of the molecule is FC(F)(F)c1cc(NC(=S)Nc2ccc(NC(=S)Nc3cc(C(F)(F)F)cc(C(F)(F)F)c3)cc2)cc(C(F)(F)F)c1. The van der Waals surface area contributed by atoms with E-state index in [0.717, 1.165) is 0 Å². The largest absolute Gasteiger partial charge is 0.416 e. The van der Waals surface area contributed by atoms with Crippen LogP contribution >= 0.6 is 24.4 Å². The van der Waals surface area contributed by atoms with Gasteiger partial charge >= 0.3 is 24.7 Å². The Hall–Kier alpha value is -3.80. The Kier molecular flexibility index (Phi) is 9.21. The second-order valence-electron chi connectivity index (χ2n) is 8.32. The summed E-state index contributed by atoms with van der Waals surface area (Å²) in [6, 6.07) is 6.98. The van der Waals surface area contributed by atoms with Gasteiger partial charge in [-0.05, 0) is 85.1 Å². The molecule has 18 heteroatoms. The summed E-state index contributed by atoms with van der Waals surface area (Å²) in [5, 5.41) is 8.80. The van der Waals surface area contributed by atoms with Crippen molar-refractivity contribution in [3.8, 4) is 0 Å². The molecule has 226 valence electrons. The van der Waals surface area contributed by atoms with Crippen LogP contribution in [0.4, 0.5) is 75.4 Å². The number of thiocarbonyl (C=S) groups is 2. The van der Waals surface area contributed by atoms with Gasteiger partial charge in [0.2, 0.25) is 0 Å². The van der Waals surface area contributed by atoms with Gasteiger partial charge in [-0.25, -0.2) is 0 Å². The van der Waals surface area contributed by atoms with E-state index in [4.69, 9.17) is 24.4 Å². The number of halogens is 12. The lowest BCUT2D eigenvalue weighted by molar-refractivity contribution is -0.144. The first-order valence-corrected chi connectivity index (χ1v) is 11.8. The van der Waals surface area contributed by atoms with Crippen molar-refractivity contribution >= 4 is 57.4 Å². The molecule has 0 bridgehead atoms. The number of benzene rings is 3. The maximum atomic E-state index is 13.0. The van der Waals surface area contributed by atoms with Gasteiger partial charge in [0.1, 0.15) is 0 Å². The average Bonchev–Trinajstić information content (AvgIpc) is 2.82. The Bertz CT molecular complexity index is 1290. The summed E-state index contributed by atoms with van der Waals surface area (Å²) in [7, 11) is 0. The van der Waals surface area contributed by atoms with Crippen molar-refractivity contribution in [1.29, 1.82) is 0 Å². The van der Waals surface area contributed by atoms with Gasteiger partial charge in [0, 0.05) is 22.7 Å². The minimum Gasteiger partial charge on any atom is -0.332 e. The Morgan fingerprint density at radius 3 is 0.810 bits per heavy atom. The zero-order chi connectivity index (χ0) is 31.7. The molecule has 42 heavy (non-hydrogen) atoms. The first-order valence-electron chi connectivity index (χ1n) is 11.0. The molecule has 0 aromatic heterocycles. The van der Waals surface area contributed by atoms with Crippen LogP contribution in [0.15, 0.2) is 60.7 Å². The quantitative estimate of drug-likeness (QED) is 0.167. The van der Waals surface area contributed by atoms with Crippen LogP contribution in [0.3, 0.4) is 0 Å². The number of hydrogen-bond acceptors (Lipinski definition) is 2. The molecule has 0 amide bonds. The molecule has 4 N–H and O–H groups in total. The van der Waals surface area contributed by atoms with E-state index in [1.54, 1.807) is 0 Å². The molecule has 4 nitrogen and oxygen atoms in total. The Labute approximate surface area is 239 Å². The van der Waals surface area contributed by atoms with E-state index in [0.29, 0.717) is 24.3 Å². The standard InChI is InChI=1S/C24H14F12N4S2/c25-21(26,27)11-5-12(22(28,29)30)8-17(7-11)39-19(41)37-15-1-2-16(4-3-15)38-20(42)40-18-9-13(23(31,32)33)6-14(10-18)24(34,35)36/h1-10H,(H2,37,39,41)(H2,38,40,42). The van der Waals surface area contributed by atoms with Gasteiger partial charge in [-0.15, -0.1) is 0 Å². The Morgan fingerprint density at radius 2 is 0.595 bits per heavy atom. The molecule has 0 atom stereocenters. The van der Waals surface area contributed by atoms with E-state index in [9.17, 15) is 52.7 Å². The summed E-state index contributed by atoms with van der Waals surface area (Å²) >= 11 is 9.90. The van der Waals surface area contributed by atoms with E-state index < -0.39 is 58.3 Å². The highest BCUT2D eigenvalue weighted by molar-refractivity contribution is 7.81. The Balaban J connectivity index is 1.67. The number of alkyl halides is 12. The molecule has 0 unspecified atom stereocenters. The van der Waals surface area contributed by atoms with E-state index in [-0.39, 0.29) is 33.7 Å². The van der Waals surface area contributed by atoms with Crippen LogP contribution in [0.5, 0.6) is 0 Å². The van der Waals surface area contributed by atoms with Crippen LogP contribution < -0.4 is 21.3 Å². The number of nitrogens with one attached hydrogen (secondary N) is 4.